The van der Waals surface area contributed by atoms with Gasteiger partial charge in [0.2, 0.25) is 5.82 Å². The van der Waals surface area contributed by atoms with Crippen molar-refractivity contribution < 1.29 is 26.3 Å². The minimum Gasteiger partial charge on any atom is -0.334 e. The molecule has 3 aromatic rings. The van der Waals surface area contributed by atoms with E-state index in [9.17, 15) is 35.9 Å². The summed E-state index contributed by atoms with van der Waals surface area (Å²) in [6.07, 6.45) is -9.66. The third kappa shape index (κ3) is 3.02. The molecule has 0 unspecified atom stereocenters. The fourth-order valence-corrected chi connectivity index (χ4v) is 2.16. The number of hydrogen-bond acceptors (Lipinski definition) is 3. The maximum Gasteiger partial charge on any atom is 0.449 e. The van der Waals surface area contributed by atoms with Crippen molar-refractivity contribution in [1.29, 1.82) is 0 Å². The van der Waals surface area contributed by atoms with Gasteiger partial charge < -0.3 is 9.97 Å². The largest absolute Gasteiger partial charge is 0.449 e. The minimum atomic E-state index is -4.92. The van der Waals surface area contributed by atoms with Gasteiger partial charge in [-0.05, 0) is 18.2 Å². The second kappa shape index (κ2) is 5.22. The number of aromatic amines is 2. The molecule has 12 heteroatoms. The van der Waals surface area contributed by atoms with Crippen molar-refractivity contribution in [2.75, 3.05) is 0 Å². The molecule has 0 amide bonds. The van der Waals surface area contributed by atoms with E-state index in [2.05, 4.69) is 4.98 Å². The Morgan fingerprint density at radius 1 is 0.920 bits per heavy atom. The zero-order valence-electron chi connectivity index (χ0n) is 11.8. The highest BCUT2D eigenvalue weighted by atomic mass is 19.4. The number of halogens is 6. The van der Waals surface area contributed by atoms with Crippen molar-refractivity contribution in [3.63, 3.8) is 0 Å². The Balaban J connectivity index is 2.17. The van der Waals surface area contributed by atoms with Gasteiger partial charge in [0.15, 0.2) is 0 Å². The molecule has 6 nitrogen and oxygen atoms in total. The van der Waals surface area contributed by atoms with Crippen LogP contribution in [-0.4, -0.2) is 19.5 Å². The highest BCUT2D eigenvalue weighted by Crippen LogP contribution is 2.29. The SMILES string of the molecule is O=c1cc(C(F)(F)F)[nH]c(=O)n1-c1ccc2nc(C(F)(F)F)[nH]c2c1. The van der Waals surface area contributed by atoms with Crippen molar-refractivity contribution in [3.05, 3.63) is 56.6 Å². The average Bonchev–Trinajstić information content (AvgIpc) is 2.89. The molecule has 0 aliphatic carbocycles. The van der Waals surface area contributed by atoms with Crippen LogP contribution in [0.15, 0.2) is 33.9 Å². The van der Waals surface area contributed by atoms with E-state index in [0.29, 0.717) is 4.57 Å². The van der Waals surface area contributed by atoms with E-state index < -0.39 is 35.1 Å². The van der Waals surface area contributed by atoms with Gasteiger partial charge in [0, 0.05) is 6.07 Å². The Morgan fingerprint density at radius 3 is 2.16 bits per heavy atom. The summed E-state index contributed by atoms with van der Waals surface area (Å²) in [5, 5.41) is 0. The highest BCUT2D eigenvalue weighted by molar-refractivity contribution is 5.77. The van der Waals surface area contributed by atoms with Crippen molar-refractivity contribution in [1.82, 2.24) is 19.5 Å². The fourth-order valence-electron chi connectivity index (χ4n) is 2.16. The van der Waals surface area contributed by atoms with E-state index in [0.717, 1.165) is 18.2 Å². The third-order valence-corrected chi connectivity index (χ3v) is 3.23. The smallest absolute Gasteiger partial charge is 0.334 e. The maximum atomic E-state index is 12.6. The standard InChI is InChI=1S/C13H6F6N4O2/c14-12(15,16)8-4-9(24)23(11(25)22-8)5-1-2-6-7(3-5)21-10(20-6)13(17,18)19/h1-4H,(H,20,21)(H,22,25). The van der Waals surface area contributed by atoms with Crippen LogP contribution in [0.25, 0.3) is 16.7 Å². The quantitative estimate of drug-likeness (QED) is 0.651. The molecular formula is C13H6F6N4O2. The summed E-state index contributed by atoms with van der Waals surface area (Å²) in [7, 11) is 0. The second-order valence-electron chi connectivity index (χ2n) is 4.94. The Hall–Kier alpha value is -3.05. The Kier molecular flexibility index (Phi) is 3.51. The molecule has 2 N–H and O–H groups in total. The molecule has 0 bridgehead atoms. The van der Waals surface area contributed by atoms with Crippen LogP contribution in [0.2, 0.25) is 0 Å². The number of alkyl halides is 6. The molecule has 0 saturated carbocycles. The summed E-state index contributed by atoms with van der Waals surface area (Å²) in [6.45, 7) is 0. The van der Waals surface area contributed by atoms with Gasteiger partial charge in [0.1, 0.15) is 5.69 Å². The van der Waals surface area contributed by atoms with Gasteiger partial charge in [0.25, 0.3) is 5.56 Å². The normalized spacial score (nSPS) is 12.7. The Morgan fingerprint density at radius 2 is 1.60 bits per heavy atom. The number of imidazole rings is 1. The summed E-state index contributed by atoms with van der Waals surface area (Å²) in [6, 6.07) is 3.37. The number of H-pyrrole nitrogens is 2. The van der Waals surface area contributed by atoms with E-state index >= 15 is 0 Å². The van der Waals surface area contributed by atoms with E-state index in [-0.39, 0.29) is 22.8 Å². The number of fused-ring (bicyclic) bond motifs is 1. The van der Waals surface area contributed by atoms with Gasteiger partial charge in [-0.15, -0.1) is 0 Å². The number of aromatic nitrogens is 4. The van der Waals surface area contributed by atoms with E-state index in [1.54, 1.807) is 0 Å². The van der Waals surface area contributed by atoms with Crippen LogP contribution in [0.5, 0.6) is 0 Å². The van der Waals surface area contributed by atoms with E-state index in [1.165, 1.54) is 4.98 Å². The molecule has 132 valence electrons. The zero-order valence-corrected chi connectivity index (χ0v) is 11.8. The predicted octanol–water partition coefficient (Wildman–Crippen LogP) is 2.44. The van der Waals surface area contributed by atoms with Gasteiger partial charge in [-0.2, -0.15) is 26.3 Å². The van der Waals surface area contributed by atoms with Crippen molar-refractivity contribution in [2.45, 2.75) is 12.4 Å². The lowest BCUT2D eigenvalue weighted by molar-refractivity contribution is -0.144. The molecule has 1 aromatic carbocycles. The lowest BCUT2D eigenvalue weighted by Crippen LogP contribution is -2.35. The molecule has 0 saturated heterocycles. The molecule has 0 aliphatic heterocycles. The summed E-state index contributed by atoms with van der Waals surface area (Å²) in [5.41, 5.74) is -4.64. The van der Waals surface area contributed by atoms with Gasteiger partial charge in [0.05, 0.1) is 16.7 Å². The molecule has 25 heavy (non-hydrogen) atoms. The molecule has 0 radical (unpaired) electrons. The first kappa shape index (κ1) is 16.8. The predicted molar refractivity (Wildman–Crippen MR) is 72.3 cm³/mol. The van der Waals surface area contributed by atoms with Crippen LogP contribution >= 0.6 is 0 Å². The first-order valence-electron chi connectivity index (χ1n) is 6.48. The summed E-state index contributed by atoms with van der Waals surface area (Å²) in [5.74, 6) is -1.28. The molecule has 3 rings (SSSR count). The number of nitrogens with one attached hydrogen (secondary N) is 2. The van der Waals surface area contributed by atoms with Crippen molar-refractivity contribution in [2.24, 2.45) is 0 Å². The molecule has 2 heterocycles. The van der Waals surface area contributed by atoms with Gasteiger partial charge in [-0.3, -0.25) is 4.79 Å². The molecule has 0 atom stereocenters. The van der Waals surface area contributed by atoms with Crippen LogP contribution in [0.4, 0.5) is 26.3 Å². The van der Waals surface area contributed by atoms with Crippen LogP contribution in [0.1, 0.15) is 11.5 Å². The number of nitrogens with zero attached hydrogens (tertiary/aromatic N) is 2. The molecule has 0 fully saturated rings. The van der Waals surface area contributed by atoms with Crippen LogP contribution in [0.3, 0.4) is 0 Å². The third-order valence-electron chi connectivity index (χ3n) is 3.23. The fraction of sp³-hybridized carbons (Fsp3) is 0.154. The maximum absolute atomic E-state index is 12.6. The number of benzene rings is 1. The van der Waals surface area contributed by atoms with Gasteiger partial charge in [-0.1, -0.05) is 0 Å². The topological polar surface area (TPSA) is 83.5 Å². The van der Waals surface area contributed by atoms with E-state index in [4.69, 9.17) is 0 Å². The number of hydrogen-bond donors (Lipinski definition) is 2. The molecule has 0 spiro atoms. The molecule has 2 aromatic heterocycles. The monoisotopic (exact) mass is 364 g/mol. The van der Waals surface area contributed by atoms with Crippen molar-refractivity contribution >= 4 is 11.0 Å². The first-order chi connectivity index (χ1) is 11.5. The summed E-state index contributed by atoms with van der Waals surface area (Å²) in [4.78, 5) is 30.4. The summed E-state index contributed by atoms with van der Waals surface area (Å²) < 4.78 is 75.9. The van der Waals surface area contributed by atoms with Crippen LogP contribution in [-0.2, 0) is 12.4 Å². The van der Waals surface area contributed by atoms with Crippen LogP contribution in [0, 0.1) is 0 Å². The average molecular weight is 364 g/mol. The molecule has 0 aliphatic rings. The first-order valence-corrected chi connectivity index (χ1v) is 6.48. The highest BCUT2D eigenvalue weighted by Gasteiger charge is 2.35. The zero-order chi connectivity index (χ0) is 18.6. The Labute approximate surface area is 132 Å². The van der Waals surface area contributed by atoms with Crippen LogP contribution < -0.4 is 11.2 Å². The minimum absolute atomic E-state index is 0.0903. The second-order valence-corrected chi connectivity index (χ2v) is 4.94. The van der Waals surface area contributed by atoms with Crippen molar-refractivity contribution in [3.8, 4) is 5.69 Å². The van der Waals surface area contributed by atoms with E-state index in [1.807, 2.05) is 4.98 Å². The lowest BCUT2D eigenvalue weighted by Gasteiger charge is -2.08. The molecular weight excluding hydrogens is 358 g/mol. The Bertz CT molecular complexity index is 1040. The number of rotatable bonds is 1. The van der Waals surface area contributed by atoms with Gasteiger partial charge in [-0.25, -0.2) is 14.3 Å². The van der Waals surface area contributed by atoms with Gasteiger partial charge >= 0.3 is 18.0 Å². The summed E-state index contributed by atoms with van der Waals surface area (Å²) >= 11 is 0. The lowest BCUT2D eigenvalue weighted by atomic mass is 10.2.